The van der Waals surface area contributed by atoms with Gasteiger partial charge in [-0.25, -0.2) is 14.6 Å². The summed E-state index contributed by atoms with van der Waals surface area (Å²) in [5.41, 5.74) is 1.09. The van der Waals surface area contributed by atoms with E-state index in [0.29, 0.717) is 18.1 Å². The highest BCUT2D eigenvalue weighted by Gasteiger charge is 2.34. The van der Waals surface area contributed by atoms with Gasteiger partial charge < -0.3 is 10.0 Å². The number of aromatic nitrogens is 1. The lowest BCUT2D eigenvalue weighted by Gasteiger charge is -2.20. The molecule has 1 atom stereocenters. The zero-order valence-electron chi connectivity index (χ0n) is 11.1. The number of urea groups is 1. The molecule has 1 aromatic rings. The van der Waals surface area contributed by atoms with Gasteiger partial charge in [0, 0.05) is 11.4 Å². The molecule has 0 saturated carbocycles. The number of carboxylic acids is 1. The van der Waals surface area contributed by atoms with Crippen molar-refractivity contribution in [3.05, 3.63) is 10.6 Å². The van der Waals surface area contributed by atoms with Crippen LogP contribution in [-0.2, 0) is 17.6 Å². The third kappa shape index (κ3) is 2.49. The molecular weight excluding hydrogens is 278 g/mol. The maximum absolute atomic E-state index is 12.2. The van der Waals surface area contributed by atoms with Gasteiger partial charge in [-0.3, -0.25) is 5.32 Å². The maximum Gasteiger partial charge on any atom is 0.326 e. The normalized spacial score (nSPS) is 21.6. The highest BCUT2D eigenvalue weighted by atomic mass is 32.1. The summed E-state index contributed by atoms with van der Waals surface area (Å²) in [5.74, 6) is -0.934. The van der Waals surface area contributed by atoms with Gasteiger partial charge >= 0.3 is 12.0 Å². The second-order valence-corrected chi connectivity index (χ2v) is 6.30. The first-order valence-electron chi connectivity index (χ1n) is 6.94. The Balaban J connectivity index is 1.69. The van der Waals surface area contributed by atoms with Gasteiger partial charge in [-0.2, -0.15) is 0 Å². The van der Waals surface area contributed by atoms with Gasteiger partial charge in [-0.15, -0.1) is 11.3 Å². The lowest BCUT2D eigenvalue weighted by Crippen LogP contribution is -2.42. The van der Waals surface area contributed by atoms with E-state index in [4.69, 9.17) is 5.11 Å². The molecule has 7 heteroatoms. The van der Waals surface area contributed by atoms with Gasteiger partial charge in [0.1, 0.15) is 6.04 Å². The van der Waals surface area contributed by atoms with Crippen LogP contribution in [0.5, 0.6) is 0 Å². The summed E-state index contributed by atoms with van der Waals surface area (Å²) in [6.45, 7) is 0.494. The van der Waals surface area contributed by atoms with E-state index in [9.17, 15) is 9.59 Å². The lowest BCUT2D eigenvalue weighted by molar-refractivity contribution is -0.141. The fourth-order valence-electron chi connectivity index (χ4n) is 2.84. The van der Waals surface area contributed by atoms with Crippen molar-refractivity contribution in [3.8, 4) is 0 Å². The van der Waals surface area contributed by atoms with Crippen LogP contribution in [0.1, 0.15) is 36.3 Å². The number of carboxylic acid groups (broad SMARTS) is 1. The summed E-state index contributed by atoms with van der Waals surface area (Å²) < 4.78 is 0. The zero-order chi connectivity index (χ0) is 14.1. The van der Waals surface area contributed by atoms with Gasteiger partial charge in [0.15, 0.2) is 5.13 Å². The van der Waals surface area contributed by atoms with E-state index in [-0.39, 0.29) is 6.03 Å². The van der Waals surface area contributed by atoms with Gasteiger partial charge in [0.25, 0.3) is 0 Å². The molecule has 108 valence electrons. The van der Waals surface area contributed by atoms with Crippen molar-refractivity contribution < 1.29 is 14.7 Å². The molecule has 1 fully saturated rings. The average molecular weight is 295 g/mol. The Morgan fingerprint density at radius 1 is 1.30 bits per heavy atom. The summed E-state index contributed by atoms with van der Waals surface area (Å²) in [7, 11) is 0. The van der Waals surface area contributed by atoms with E-state index in [1.807, 2.05) is 0 Å². The SMILES string of the molecule is O=C(O)[C@@H]1CCCN1C(=O)Nc1nc2c(s1)CCCC2. The monoisotopic (exact) mass is 295 g/mol. The van der Waals surface area contributed by atoms with Gasteiger partial charge in [0.2, 0.25) is 0 Å². The number of thiazole rings is 1. The van der Waals surface area contributed by atoms with Crippen LogP contribution in [0.15, 0.2) is 0 Å². The first-order chi connectivity index (χ1) is 9.65. The molecule has 2 N–H and O–H groups in total. The van der Waals surface area contributed by atoms with Crippen LogP contribution in [0.25, 0.3) is 0 Å². The van der Waals surface area contributed by atoms with Crippen LogP contribution in [0, 0.1) is 0 Å². The van der Waals surface area contributed by atoms with E-state index >= 15 is 0 Å². The maximum atomic E-state index is 12.2. The number of nitrogens with zero attached hydrogens (tertiary/aromatic N) is 2. The molecule has 6 nitrogen and oxygen atoms in total. The van der Waals surface area contributed by atoms with Gasteiger partial charge in [0.05, 0.1) is 5.69 Å². The topological polar surface area (TPSA) is 82.5 Å². The van der Waals surface area contributed by atoms with E-state index in [2.05, 4.69) is 10.3 Å². The molecule has 0 radical (unpaired) electrons. The molecule has 1 aliphatic carbocycles. The molecule has 2 aliphatic rings. The van der Waals surface area contributed by atoms with Crippen molar-refractivity contribution in [1.29, 1.82) is 0 Å². The van der Waals surface area contributed by atoms with Crippen LogP contribution in [-0.4, -0.2) is 39.6 Å². The Morgan fingerprint density at radius 2 is 2.10 bits per heavy atom. The summed E-state index contributed by atoms with van der Waals surface area (Å²) in [4.78, 5) is 30.3. The van der Waals surface area contributed by atoms with Crippen LogP contribution < -0.4 is 5.32 Å². The smallest absolute Gasteiger partial charge is 0.326 e. The average Bonchev–Trinajstić information content (AvgIpc) is 3.04. The number of carbonyl (C=O) groups excluding carboxylic acids is 1. The predicted molar refractivity (Wildman–Crippen MR) is 75.1 cm³/mol. The third-order valence-electron chi connectivity index (χ3n) is 3.86. The predicted octanol–water partition coefficient (Wildman–Crippen LogP) is 2.10. The second-order valence-electron chi connectivity index (χ2n) is 5.22. The summed E-state index contributed by atoms with van der Waals surface area (Å²) >= 11 is 1.51. The number of hydrogen-bond donors (Lipinski definition) is 2. The second kappa shape index (κ2) is 5.40. The lowest BCUT2D eigenvalue weighted by atomic mass is 10.0. The molecule has 0 aromatic carbocycles. The standard InChI is InChI=1S/C13H17N3O3S/c17-11(18)9-5-3-7-16(9)13(19)15-12-14-8-4-1-2-6-10(8)20-12/h9H,1-7H2,(H,17,18)(H,14,15,19)/t9-/m0/s1. The van der Waals surface area contributed by atoms with Crippen molar-refractivity contribution >= 4 is 28.5 Å². The number of aryl methyl sites for hydroxylation is 2. The van der Waals surface area contributed by atoms with Crippen molar-refractivity contribution in [2.45, 2.75) is 44.6 Å². The fraction of sp³-hybridized carbons (Fsp3) is 0.615. The van der Waals surface area contributed by atoms with Crippen molar-refractivity contribution in [2.24, 2.45) is 0 Å². The molecule has 0 bridgehead atoms. The Morgan fingerprint density at radius 3 is 2.85 bits per heavy atom. The zero-order valence-corrected chi connectivity index (χ0v) is 11.9. The molecule has 2 heterocycles. The van der Waals surface area contributed by atoms with E-state index in [0.717, 1.165) is 31.4 Å². The third-order valence-corrected chi connectivity index (χ3v) is 4.93. The summed E-state index contributed by atoms with van der Waals surface area (Å²) in [6, 6.07) is -1.05. The minimum Gasteiger partial charge on any atom is -0.480 e. The molecule has 1 aromatic heterocycles. The quantitative estimate of drug-likeness (QED) is 0.875. The van der Waals surface area contributed by atoms with Crippen molar-refractivity contribution in [1.82, 2.24) is 9.88 Å². The Bertz CT molecular complexity index is 519. The number of nitrogens with one attached hydrogen (secondary N) is 1. The van der Waals surface area contributed by atoms with Gasteiger partial charge in [-0.05, 0) is 38.5 Å². The summed E-state index contributed by atoms with van der Waals surface area (Å²) in [5, 5.41) is 12.4. The first kappa shape index (κ1) is 13.4. The number of amides is 2. The Kier molecular flexibility index (Phi) is 3.60. The van der Waals surface area contributed by atoms with Crippen molar-refractivity contribution in [2.75, 3.05) is 11.9 Å². The highest BCUT2D eigenvalue weighted by molar-refractivity contribution is 7.15. The number of fused-ring (bicyclic) bond motifs is 1. The van der Waals surface area contributed by atoms with Crippen LogP contribution in [0.2, 0.25) is 0 Å². The molecule has 0 unspecified atom stereocenters. The highest BCUT2D eigenvalue weighted by Crippen LogP contribution is 2.30. The van der Waals surface area contributed by atoms with Crippen LogP contribution >= 0.6 is 11.3 Å². The first-order valence-corrected chi connectivity index (χ1v) is 7.76. The van der Waals surface area contributed by atoms with Gasteiger partial charge in [-0.1, -0.05) is 0 Å². The number of carbonyl (C=O) groups is 2. The number of anilines is 1. The number of likely N-dealkylation sites (tertiary alicyclic amines) is 1. The van der Waals surface area contributed by atoms with Crippen LogP contribution in [0.4, 0.5) is 9.93 Å². The van der Waals surface area contributed by atoms with Crippen molar-refractivity contribution in [3.63, 3.8) is 0 Å². The number of hydrogen-bond acceptors (Lipinski definition) is 4. The molecule has 1 aliphatic heterocycles. The molecule has 0 spiro atoms. The Hall–Kier alpha value is -1.63. The number of rotatable bonds is 2. The minimum absolute atomic E-state index is 0.346. The number of aliphatic carboxylic acids is 1. The fourth-order valence-corrected chi connectivity index (χ4v) is 3.87. The largest absolute Gasteiger partial charge is 0.480 e. The molecule has 20 heavy (non-hydrogen) atoms. The van der Waals surface area contributed by atoms with E-state index in [1.54, 1.807) is 0 Å². The minimum atomic E-state index is -0.934. The van der Waals surface area contributed by atoms with E-state index < -0.39 is 12.0 Å². The molecule has 1 saturated heterocycles. The van der Waals surface area contributed by atoms with Crippen LogP contribution in [0.3, 0.4) is 0 Å². The summed E-state index contributed by atoms with van der Waals surface area (Å²) in [6.07, 6.45) is 5.59. The molecule has 2 amide bonds. The molecule has 3 rings (SSSR count). The molecular formula is C13H17N3O3S. The Labute approximate surface area is 120 Å². The van der Waals surface area contributed by atoms with E-state index in [1.165, 1.54) is 27.5 Å².